The molecule has 3 N–H and O–H groups in total. The number of urea groups is 1. The number of hydrazine groups is 1. The Morgan fingerprint density at radius 2 is 1.80 bits per heavy atom. The van der Waals surface area contributed by atoms with Crippen LogP contribution in [0, 0.1) is 5.82 Å². The minimum atomic E-state index is -0.653. The van der Waals surface area contributed by atoms with Crippen LogP contribution in [0.1, 0.15) is 0 Å². The van der Waals surface area contributed by atoms with Crippen LogP contribution in [0.2, 0.25) is 5.02 Å². The van der Waals surface area contributed by atoms with Gasteiger partial charge in [-0.2, -0.15) is 0 Å². The molecule has 0 fully saturated rings. The first-order chi connectivity index (χ1) is 11.8. The van der Waals surface area contributed by atoms with Crippen LogP contribution in [-0.4, -0.2) is 18.5 Å². The summed E-state index contributed by atoms with van der Waals surface area (Å²) in [6.07, 6.45) is 0. The number of anilines is 1. The highest BCUT2D eigenvalue weighted by Crippen LogP contribution is 2.34. The Kier molecular flexibility index (Phi) is 7.03. The SMILES string of the molecule is O=C(COc1c(Br)cc(F)cc1Br)NNC(=O)Nc1cccc(Cl)c1. The monoisotopic (exact) mass is 493 g/mol. The van der Waals surface area contributed by atoms with E-state index in [1.165, 1.54) is 12.1 Å². The molecule has 0 unspecified atom stereocenters. The summed E-state index contributed by atoms with van der Waals surface area (Å²) < 4.78 is 19.1. The lowest BCUT2D eigenvalue weighted by atomic mass is 10.3. The maximum absolute atomic E-state index is 13.2. The molecule has 0 saturated heterocycles. The van der Waals surface area contributed by atoms with Crippen molar-refractivity contribution in [3.05, 3.63) is 56.2 Å². The van der Waals surface area contributed by atoms with Crippen molar-refractivity contribution in [2.75, 3.05) is 11.9 Å². The first-order valence-corrected chi connectivity index (χ1v) is 8.70. The van der Waals surface area contributed by atoms with Crippen LogP contribution in [-0.2, 0) is 4.79 Å². The Morgan fingerprint density at radius 3 is 2.44 bits per heavy atom. The fraction of sp³-hybridized carbons (Fsp3) is 0.0667. The number of hydrogen-bond acceptors (Lipinski definition) is 3. The van der Waals surface area contributed by atoms with E-state index in [2.05, 4.69) is 48.0 Å². The highest BCUT2D eigenvalue weighted by Gasteiger charge is 2.12. The second kappa shape index (κ2) is 9.02. The highest BCUT2D eigenvalue weighted by atomic mass is 79.9. The van der Waals surface area contributed by atoms with Gasteiger partial charge in [0.05, 0.1) is 8.95 Å². The van der Waals surface area contributed by atoms with Gasteiger partial charge in [0.2, 0.25) is 0 Å². The number of amides is 3. The summed E-state index contributed by atoms with van der Waals surface area (Å²) in [7, 11) is 0. The van der Waals surface area contributed by atoms with Crippen molar-refractivity contribution < 1.29 is 18.7 Å². The number of benzene rings is 2. The van der Waals surface area contributed by atoms with E-state index in [0.29, 0.717) is 19.7 Å². The Balaban J connectivity index is 1.80. The number of nitrogens with one attached hydrogen (secondary N) is 3. The van der Waals surface area contributed by atoms with Gasteiger partial charge in [-0.3, -0.25) is 10.2 Å². The predicted molar refractivity (Wildman–Crippen MR) is 99.0 cm³/mol. The molecule has 0 aliphatic carbocycles. The zero-order chi connectivity index (χ0) is 18.4. The largest absolute Gasteiger partial charge is 0.481 e. The van der Waals surface area contributed by atoms with Gasteiger partial charge in [-0.1, -0.05) is 17.7 Å². The van der Waals surface area contributed by atoms with Crippen molar-refractivity contribution in [2.24, 2.45) is 0 Å². The molecule has 0 aromatic heterocycles. The Labute approximate surface area is 164 Å². The van der Waals surface area contributed by atoms with Gasteiger partial charge in [0.1, 0.15) is 11.6 Å². The molecular formula is C15H11Br2ClFN3O3. The van der Waals surface area contributed by atoms with Crippen LogP contribution < -0.4 is 20.9 Å². The standard InChI is InChI=1S/C15H11Br2ClFN3O3/c16-11-5-9(19)6-12(17)14(11)25-7-13(23)21-22-15(24)20-10-3-1-2-8(18)4-10/h1-6H,7H2,(H,21,23)(H2,20,22,24). The quantitative estimate of drug-likeness (QED) is 0.556. The maximum Gasteiger partial charge on any atom is 0.337 e. The summed E-state index contributed by atoms with van der Waals surface area (Å²) in [4.78, 5) is 23.4. The Bertz CT molecular complexity index is 784. The maximum atomic E-state index is 13.2. The molecule has 0 spiro atoms. The van der Waals surface area contributed by atoms with Gasteiger partial charge in [-0.25, -0.2) is 14.6 Å². The average molecular weight is 496 g/mol. The van der Waals surface area contributed by atoms with E-state index in [1.54, 1.807) is 24.3 Å². The van der Waals surface area contributed by atoms with Gasteiger partial charge >= 0.3 is 6.03 Å². The molecule has 0 heterocycles. The van der Waals surface area contributed by atoms with Crippen LogP contribution in [0.5, 0.6) is 5.75 Å². The summed E-state index contributed by atoms with van der Waals surface area (Å²) in [5.74, 6) is -0.806. The zero-order valence-corrected chi connectivity index (χ0v) is 16.3. The topological polar surface area (TPSA) is 79.5 Å². The molecule has 132 valence electrons. The Morgan fingerprint density at radius 1 is 1.12 bits per heavy atom. The predicted octanol–water partition coefficient (Wildman–Crippen LogP) is 4.24. The number of halogens is 4. The lowest BCUT2D eigenvalue weighted by Crippen LogP contribution is -2.45. The van der Waals surface area contributed by atoms with Crippen molar-refractivity contribution in [1.29, 1.82) is 0 Å². The molecule has 0 aliphatic rings. The first-order valence-electron chi connectivity index (χ1n) is 6.74. The van der Waals surface area contributed by atoms with E-state index >= 15 is 0 Å². The minimum Gasteiger partial charge on any atom is -0.481 e. The third-order valence-electron chi connectivity index (χ3n) is 2.71. The van der Waals surface area contributed by atoms with Crippen LogP contribution in [0.3, 0.4) is 0 Å². The van der Waals surface area contributed by atoms with Crippen molar-refractivity contribution in [1.82, 2.24) is 10.9 Å². The van der Waals surface area contributed by atoms with Crippen molar-refractivity contribution in [2.45, 2.75) is 0 Å². The van der Waals surface area contributed by atoms with E-state index in [4.69, 9.17) is 16.3 Å². The van der Waals surface area contributed by atoms with E-state index in [0.717, 1.165) is 0 Å². The molecule has 0 aliphatic heterocycles. The molecule has 2 aromatic rings. The molecule has 25 heavy (non-hydrogen) atoms. The van der Waals surface area contributed by atoms with Crippen LogP contribution in [0.4, 0.5) is 14.9 Å². The fourth-order valence-corrected chi connectivity index (χ4v) is 3.25. The normalized spacial score (nSPS) is 10.1. The van der Waals surface area contributed by atoms with Crippen LogP contribution >= 0.6 is 43.5 Å². The van der Waals surface area contributed by atoms with Crippen molar-refractivity contribution >= 4 is 61.1 Å². The molecule has 0 bridgehead atoms. The lowest BCUT2D eigenvalue weighted by Gasteiger charge is -2.12. The summed E-state index contributed by atoms with van der Waals surface area (Å²) in [5, 5.41) is 2.95. The van der Waals surface area contributed by atoms with E-state index in [9.17, 15) is 14.0 Å². The lowest BCUT2D eigenvalue weighted by molar-refractivity contribution is -0.123. The number of hydrogen-bond donors (Lipinski definition) is 3. The summed E-state index contributed by atoms with van der Waals surface area (Å²) in [6.45, 7) is -0.389. The fourth-order valence-electron chi connectivity index (χ4n) is 1.70. The third kappa shape index (κ3) is 6.18. The second-order valence-corrected chi connectivity index (χ2v) is 6.77. The van der Waals surface area contributed by atoms with Gasteiger partial charge in [0.25, 0.3) is 5.91 Å². The van der Waals surface area contributed by atoms with Crippen molar-refractivity contribution in [3.63, 3.8) is 0 Å². The molecular weight excluding hydrogens is 484 g/mol. The van der Waals surface area contributed by atoms with Gasteiger partial charge < -0.3 is 10.1 Å². The van der Waals surface area contributed by atoms with Gasteiger partial charge in [-0.05, 0) is 62.2 Å². The number of ether oxygens (including phenoxy) is 1. The highest BCUT2D eigenvalue weighted by molar-refractivity contribution is 9.11. The molecule has 2 rings (SSSR count). The van der Waals surface area contributed by atoms with Crippen LogP contribution in [0.25, 0.3) is 0 Å². The smallest absolute Gasteiger partial charge is 0.337 e. The van der Waals surface area contributed by atoms with Crippen molar-refractivity contribution in [3.8, 4) is 5.75 Å². The summed E-state index contributed by atoms with van der Waals surface area (Å²) in [5.41, 5.74) is 4.81. The number of carbonyl (C=O) groups is 2. The van der Waals surface area contributed by atoms with Gasteiger partial charge in [0.15, 0.2) is 6.61 Å². The Hall–Kier alpha value is -1.84. The second-order valence-electron chi connectivity index (χ2n) is 4.62. The zero-order valence-electron chi connectivity index (χ0n) is 12.4. The van der Waals surface area contributed by atoms with Crippen LogP contribution in [0.15, 0.2) is 45.3 Å². The average Bonchev–Trinajstić information content (AvgIpc) is 2.52. The number of carbonyl (C=O) groups excluding carboxylic acids is 2. The molecule has 0 atom stereocenters. The molecule has 3 amide bonds. The molecule has 6 nitrogen and oxygen atoms in total. The minimum absolute atomic E-state index is 0.264. The first kappa shape index (κ1) is 19.5. The molecule has 0 saturated carbocycles. The molecule has 2 aromatic carbocycles. The van der Waals surface area contributed by atoms with Gasteiger partial charge in [0, 0.05) is 10.7 Å². The summed E-state index contributed by atoms with van der Waals surface area (Å²) >= 11 is 12.1. The molecule has 0 radical (unpaired) electrons. The van der Waals surface area contributed by atoms with E-state index in [-0.39, 0.29) is 12.4 Å². The number of rotatable bonds is 4. The van der Waals surface area contributed by atoms with E-state index < -0.39 is 17.8 Å². The van der Waals surface area contributed by atoms with Gasteiger partial charge in [-0.15, -0.1) is 0 Å². The summed E-state index contributed by atoms with van der Waals surface area (Å²) in [6, 6.07) is 8.27. The molecule has 10 heteroatoms. The van der Waals surface area contributed by atoms with E-state index in [1.807, 2.05) is 0 Å². The third-order valence-corrected chi connectivity index (χ3v) is 4.12.